The van der Waals surface area contributed by atoms with Gasteiger partial charge in [-0.1, -0.05) is 36.4 Å². The van der Waals surface area contributed by atoms with Gasteiger partial charge in [-0.05, 0) is 47.5 Å². The quantitative estimate of drug-likeness (QED) is 0.762. The smallest absolute Gasteiger partial charge is 0.241 e. The summed E-state index contributed by atoms with van der Waals surface area (Å²) >= 11 is 0. The van der Waals surface area contributed by atoms with E-state index in [4.69, 9.17) is 9.47 Å². The molecule has 1 atom stereocenters. The first-order valence-electron chi connectivity index (χ1n) is 8.44. The molecule has 0 bridgehead atoms. The summed E-state index contributed by atoms with van der Waals surface area (Å²) < 4.78 is 39.4. The third-order valence-electron chi connectivity index (χ3n) is 4.43. The Bertz CT molecular complexity index is 1060. The second-order valence-corrected chi connectivity index (χ2v) is 7.97. The Hall–Kier alpha value is -2.57. The Morgan fingerprint density at radius 3 is 2.42 bits per heavy atom. The lowest BCUT2D eigenvalue weighted by molar-refractivity contribution is 0.171. The topological polar surface area (TPSA) is 64.6 Å². The van der Waals surface area contributed by atoms with Crippen molar-refractivity contribution in [3.8, 4) is 11.5 Å². The van der Waals surface area contributed by atoms with Gasteiger partial charge in [-0.2, -0.15) is 0 Å². The van der Waals surface area contributed by atoms with Gasteiger partial charge in [0.2, 0.25) is 10.0 Å². The van der Waals surface area contributed by atoms with Crippen LogP contribution in [0.25, 0.3) is 10.8 Å². The van der Waals surface area contributed by atoms with Crippen LogP contribution in [0.4, 0.5) is 0 Å². The fourth-order valence-corrected chi connectivity index (χ4v) is 4.30. The van der Waals surface area contributed by atoms with Crippen LogP contribution < -0.4 is 14.2 Å². The highest BCUT2D eigenvalue weighted by Crippen LogP contribution is 2.33. The zero-order valence-corrected chi connectivity index (χ0v) is 15.1. The number of rotatable bonds is 4. The lowest BCUT2D eigenvalue weighted by Gasteiger charge is -2.21. The predicted octanol–water partition coefficient (Wildman–Crippen LogP) is 3.65. The van der Waals surface area contributed by atoms with E-state index >= 15 is 0 Å². The van der Waals surface area contributed by atoms with Crippen LogP contribution in [0, 0.1) is 0 Å². The van der Waals surface area contributed by atoms with E-state index in [0.717, 1.165) is 16.3 Å². The molecule has 0 aliphatic carbocycles. The van der Waals surface area contributed by atoms with E-state index in [1.165, 1.54) is 0 Å². The van der Waals surface area contributed by atoms with Crippen molar-refractivity contribution in [3.63, 3.8) is 0 Å². The molecule has 3 aromatic rings. The van der Waals surface area contributed by atoms with Gasteiger partial charge in [-0.3, -0.25) is 0 Å². The molecule has 0 aromatic heterocycles. The second kappa shape index (κ2) is 6.63. The summed E-state index contributed by atoms with van der Waals surface area (Å²) in [6, 6.07) is 17.9. The largest absolute Gasteiger partial charge is 0.486 e. The Labute approximate surface area is 152 Å². The molecule has 134 valence electrons. The molecule has 1 aliphatic heterocycles. The van der Waals surface area contributed by atoms with Gasteiger partial charge in [0.1, 0.15) is 13.2 Å². The van der Waals surface area contributed by atoms with E-state index in [2.05, 4.69) is 4.72 Å². The minimum absolute atomic E-state index is 0.251. The third kappa shape index (κ3) is 3.25. The normalized spacial score (nSPS) is 15.0. The van der Waals surface area contributed by atoms with Crippen molar-refractivity contribution in [2.45, 2.75) is 17.9 Å². The molecule has 1 aliphatic rings. The van der Waals surface area contributed by atoms with E-state index in [1.807, 2.05) is 55.5 Å². The highest BCUT2D eigenvalue weighted by molar-refractivity contribution is 7.89. The van der Waals surface area contributed by atoms with Gasteiger partial charge in [0.15, 0.2) is 11.5 Å². The number of benzene rings is 3. The summed E-state index contributed by atoms with van der Waals surface area (Å²) in [5.41, 5.74) is 0.818. The molecule has 26 heavy (non-hydrogen) atoms. The lowest BCUT2D eigenvalue weighted by atomic mass is 10.1. The van der Waals surface area contributed by atoms with E-state index in [-0.39, 0.29) is 4.90 Å². The summed E-state index contributed by atoms with van der Waals surface area (Å²) in [5, 5.41) is 1.90. The van der Waals surface area contributed by atoms with Gasteiger partial charge in [0.25, 0.3) is 0 Å². The lowest BCUT2D eigenvalue weighted by Crippen LogP contribution is -2.27. The first-order chi connectivity index (χ1) is 12.5. The van der Waals surface area contributed by atoms with E-state index in [1.54, 1.807) is 12.1 Å². The van der Waals surface area contributed by atoms with Crippen molar-refractivity contribution in [2.75, 3.05) is 13.2 Å². The monoisotopic (exact) mass is 369 g/mol. The Morgan fingerprint density at radius 2 is 1.62 bits per heavy atom. The maximum atomic E-state index is 12.8. The molecule has 0 amide bonds. The number of sulfonamides is 1. The predicted molar refractivity (Wildman–Crippen MR) is 100 cm³/mol. The van der Waals surface area contributed by atoms with Crippen LogP contribution in [-0.2, 0) is 10.0 Å². The Morgan fingerprint density at radius 1 is 0.885 bits per heavy atom. The highest BCUT2D eigenvalue weighted by atomic mass is 32.2. The summed E-state index contributed by atoms with van der Waals surface area (Å²) in [7, 11) is -3.64. The average molecular weight is 369 g/mol. The van der Waals surface area contributed by atoms with Crippen molar-refractivity contribution >= 4 is 20.8 Å². The van der Waals surface area contributed by atoms with E-state index in [0.29, 0.717) is 24.7 Å². The second-order valence-electron chi connectivity index (χ2n) is 6.26. The van der Waals surface area contributed by atoms with Crippen LogP contribution in [0.1, 0.15) is 18.5 Å². The number of fused-ring (bicyclic) bond motifs is 2. The number of hydrogen-bond donors (Lipinski definition) is 1. The minimum atomic E-state index is -3.64. The Balaban J connectivity index is 1.60. The highest BCUT2D eigenvalue weighted by Gasteiger charge is 2.20. The summed E-state index contributed by atoms with van der Waals surface area (Å²) in [4.78, 5) is 0.251. The number of hydrogen-bond acceptors (Lipinski definition) is 4. The summed E-state index contributed by atoms with van der Waals surface area (Å²) in [5.74, 6) is 1.33. The Kier molecular flexibility index (Phi) is 4.30. The molecule has 4 rings (SSSR count). The van der Waals surface area contributed by atoms with E-state index in [9.17, 15) is 8.42 Å². The van der Waals surface area contributed by atoms with Gasteiger partial charge >= 0.3 is 0 Å². The first-order valence-corrected chi connectivity index (χ1v) is 9.92. The molecule has 0 spiro atoms. The van der Waals surface area contributed by atoms with Crippen LogP contribution >= 0.6 is 0 Å². The van der Waals surface area contributed by atoms with Crippen LogP contribution in [0.2, 0.25) is 0 Å². The fourth-order valence-electron chi connectivity index (χ4n) is 3.03. The number of ether oxygens (including phenoxy) is 2. The van der Waals surface area contributed by atoms with Crippen molar-refractivity contribution in [2.24, 2.45) is 0 Å². The SMILES string of the molecule is C[C@H](NS(=O)(=O)c1ccc2ccccc2c1)c1ccc2c(c1)OCCO2. The van der Waals surface area contributed by atoms with Crippen LogP contribution in [0.15, 0.2) is 65.6 Å². The van der Waals surface area contributed by atoms with E-state index < -0.39 is 16.1 Å². The maximum Gasteiger partial charge on any atom is 0.241 e. The zero-order chi connectivity index (χ0) is 18.1. The van der Waals surface area contributed by atoms with Crippen molar-refractivity contribution in [1.82, 2.24) is 4.72 Å². The molecule has 0 fully saturated rings. The molecule has 3 aromatic carbocycles. The van der Waals surface area contributed by atoms with Gasteiger partial charge in [0, 0.05) is 6.04 Å². The zero-order valence-electron chi connectivity index (χ0n) is 14.3. The molecular weight excluding hydrogens is 350 g/mol. The summed E-state index contributed by atoms with van der Waals surface area (Å²) in [6.07, 6.45) is 0. The van der Waals surface area contributed by atoms with Gasteiger partial charge < -0.3 is 9.47 Å². The molecule has 0 saturated carbocycles. The van der Waals surface area contributed by atoms with Crippen molar-refractivity contribution in [3.05, 3.63) is 66.2 Å². The number of nitrogens with one attached hydrogen (secondary N) is 1. The van der Waals surface area contributed by atoms with Crippen molar-refractivity contribution < 1.29 is 17.9 Å². The molecule has 0 saturated heterocycles. The fraction of sp³-hybridized carbons (Fsp3) is 0.200. The summed E-state index contributed by atoms with van der Waals surface area (Å²) in [6.45, 7) is 2.83. The third-order valence-corrected chi connectivity index (χ3v) is 5.97. The molecule has 5 nitrogen and oxygen atoms in total. The molecular formula is C20H19NO4S. The molecule has 1 N–H and O–H groups in total. The molecule has 1 heterocycles. The standard InChI is InChI=1S/C20H19NO4S/c1-14(16-7-9-19-20(13-16)25-11-10-24-19)21-26(22,23)18-8-6-15-4-2-3-5-17(15)12-18/h2-9,12-14,21H,10-11H2,1H3/t14-/m0/s1. The first kappa shape index (κ1) is 16.9. The minimum Gasteiger partial charge on any atom is -0.486 e. The van der Waals surface area contributed by atoms with Gasteiger partial charge in [0.05, 0.1) is 4.90 Å². The van der Waals surface area contributed by atoms with Crippen LogP contribution in [0.3, 0.4) is 0 Å². The van der Waals surface area contributed by atoms with Crippen molar-refractivity contribution in [1.29, 1.82) is 0 Å². The molecule has 6 heteroatoms. The van der Waals surface area contributed by atoms with Crippen LogP contribution in [-0.4, -0.2) is 21.6 Å². The maximum absolute atomic E-state index is 12.8. The van der Waals surface area contributed by atoms with Crippen LogP contribution in [0.5, 0.6) is 11.5 Å². The molecule has 0 unspecified atom stereocenters. The van der Waals surface area contributed by atoms with Gasteiger partial charge in [-0.15, -0.1) is 0 Å². The average Bonchev–Trinajstić information content (AvgIpc) is 2.67. The molecule has 0 radical (unpaired) electrons. The van der Waals surface area contributed by atoms with Gasteiger partial charge in [-0.25, -0.2) is 13.1 Å².